The smallest absolute Gasteiger partial charge is 0.00953 e. The first kappa shape index (κ1) is 9.47. The molecule has 0 aromatic carbocycles. The Labute approximate surface area is 81.5 Å². The molecule has 0 aromatic rings. The highest BCUT2D eigenvalue weighted by Gasteiger charge is 2.27. The van der Waals surface area contributed by atoms with E-state index in [-0.39, 0.29) is 0 Å². The second kappa shape index (κ2) is 4.43. The Morgan fingerprint density at radius 1 is 1.08 bits per heavy atom. The van der Waals surface area contributed by atoms with Gasteiger partial charge in [-0.15, -0.1) is 0 Å². The molecule has 0 unspecified atom stereocenters. The van der Waals surface area contributed by atoms with Gasteiger partial charge >= 0.3 is 0 Å². The van der Waals surface area contributed by atoms with E-state index < -0.39 is 0 Å². The van der Waals surface area contributed by atoms with Gasteiger partial charge in [0.25, 0.3) is 0 Å². The fraction of sp³-hybridized carbons (Fsp3) is 1.00. The molecule has 1 aliphatic heterocycles. The first-order valence-corrected chi connectivity index (χ1v) is 5.84. The van der Waals surface area contributed by atoms with Crippen LogP contribution in [0.4, 0.5) is 0 Å². The van der Waals surface area contributed by atoms with Gasteiger partial charge in [-0.3, -0.25) is 0 Å². The Balaban J connectivity index is 1.80. The molecule has 76 valence electrons. The highest BCUT2D eigenvalue weighted by Crippen LogP contribution is 2.27. The summed E-state index contributed by atoms with van der Waals surface area (Å²) >= 11 is 0. The van der Waals surface area contributed by atoms with E-state index in [1.165, 1.54) is 51.6 Å². The molecule has 1 heterocycles. The molecule has 1 saturated carbocycles. The van der Waals surface area contributed by atoms with Gasteiger partial charge in [0.2, 0.25) is 0 Å². The average Bonchev–Trinajstić information content (AvgIpc) is 2.67. The summed E-state index contributed by atoms with van der Waals surface area (Å²) in [5.41, 5.74) is 5.70. The van der Waals surface area contributed by atoms with Crippen LogP contribution in [0.15, 0.2) is 0 Å². The molecular formula is C11H22N2. The van der Waals surface area contributed by atoms with Gasteiger partial charge < -0.3 is 10.6 Å². The zero-order chi connectivity index (χ0) is 9.10. The van der Waals surface area contributed by atoms with Crippen molar-refractivity contribution < 1.29 is 0 Å². The van der Waals surface area contributed by atoms with Crippen molar-refractivity contribution in [3.05, 3.63) is 0 Å². The molecular weight excluding hydrogens is 160 g/mol. The molecule has 2 aliphatic rings. The minimum atomic E-state index is 0.793. The van der Waals surface area contributed by atoms with Crippen molar-refractivity contribution in [3.63, 3.8) is 0 Å². The van der Waals surface area contributed by atoms with E-state index in [2.05, 4.69) is 4.90 Å². The number of nitrogens with two attached hydrogens (primary N) is 1. The van der Waals surface area contributed by atoms with Crippen molar-refractivity contribution in [3.8, 4) is 0 Å². The molecule has 0 amide bonds. The van der Waals surface area contributed by atoms with Crippen LogP contribution < -0.4 is 5.73 Å². The summed E-state index contributed by atoms with van der Waals surface area (Å²) in [5, 5.41) is 0. The van der Waals surface area contributed by atoms with E-state index >= 15 is 0 Å². The van der Waals surface area contributed by atoms with Gasteiger partial charge in [0.05, 0.1) is 0 Å². The van der Waals surface area contributed by atoms with Crippen LogP contribution in [0, 0.1) is 5.92 Å². The Kier molecular flexibility index (Phi) is 3.23. The molecule has 1 aliphatic carbocycles. The van der Waals surface area contributed by atoms with Crippen molar-refractivity contribution in [1.29, 1.82) is 0 Å². The average molecular weight is 182 g/mol. The summed E-state index contributed by atoms with van der Waals surface area (Å²) in [6, 6.07) is 0.908. The van der Waals surface area contributed by atoms with Gasteiger partial charge in [-0.1, -0.05) is 19.3 Å². The maximum Gasteiger partial charge on any atom is 0.00953 e. The standard InChI is InChI=1S/C11H22N2/c12-8-10-6-7-13(9-10)11-4-2-1-3-5-11/h10-11H,1-9,12H2/t10-/m1/s1. The summed E-state index contributed by atoms with van der Waals surface area (Å²) in [5.74, 6) is 0.793. The molecule has 2 N–H and O–H groups in total. The monoisotopic (exact) mass is 182 g/mol. The van der Waals surface area contributed by atoms with Crippen molar-refractivity contribution >= 4 is 0 Å². The lowest BCUT2D eigenvalue weighted by atomic mass is 9.94. The van der Waals surface area contributed by atoms with E-state index in [9.17, 15) is 0 Å². The van der Waals surface area contributed by atoms with Crippen LogP contribution in [0.25, 0.3) is 0 Å². The third-order valence-electron chi connectivity index (χ3n) is 3.74. The fourth-order valence-electron chi connectivity index (χ4n) is 2.83. The summed E-state index contributed by atoms with van der Waals surface area (Å²) in [6.07, 6.45) is 8.59. The van der Waals surface area contributed by atoms with Gasteiger partial charge in [0, 0.05) is 12.6 Å². The molecule has 0 spiro atoms. The topological polar surface area (TPSA) is 29.3 Å². The molecule has 2 nitrogen and oxygen atoms in total. The van der Waals surface area contributed by atoms with Gasteiger partial charge in [0.1, 0.15) is 0 Å². The van der Waals surface area contributed by atoms with Crippen molar-refractivity contribution in [2.45, 2.75) is 44.6 Å². The largest absolute Gasteiger partial charge is 0.330 e. The zero-order valence-electron chi connectivity index (χ0n) is 8.54. The lowest BCUT2D eigenvalue weighted by Gasteiger charge is -2.31. The molecule has 2 heteroatoms. The molecule has 0 bridgehead atoms. The van der Waals surface area contributed by atoms with Crippen LogP contribution in [0.2, 0.25) is 0 Å². The van der Waals surface area contributed by atoms with Crippen LogP contribution in [0.1, 0.15) is 38.5 Å². The van der Waals surface area contributed by atoms with Gasteiger partial charge in [-0.25, -0.2) is 0 Å². The molecule has 0 radical (unpaired) electrons. The van der Waals surface area contributed by atoms with E-state index in [1.807, 2.05) is 0 Å². The van der Waals surface area contributed by atoms with Crippen molar-refractivity contribution in [2.24, 2.45) is 11.7 Å². The van der Waals surface area contributed by atoms with Crippen LogP contribution in [-0.4, -0.2) is 30.6 Å². The zero-order valence-corrected chi connectivity index (χ0v) is 8.54. The second-order valence-electron chi connectivity index (χ2n) is 4.68. The minimum absolute atomic E-state index is 0.793. The summed E-state index contributed by atoms with van der Waals surface area (Å²) < 4.78 is 0. The molecule has 2 rings (SSSR count). The van der Waals surface area contributed by atoms with Crippen LogP contribution >= 0.6 is 0 Å². The highest BCUT2D eigenvalue weighted by atomic mass is 15.2. The molecule has 2 fully saturated rings. The Morgan fingerprint density at radius 3 is 2.46 bits per heavy atom. The second-order valence-corrected chi connectivity index (χ2v) is 4.68. The third kappa shape index (κ3) is 2.23. The molecule has 1 saturated heterocycles. The van der Waals surface area contributed by atoms with Gasteiger partial charge in [-0.2, -0.15) is 0 Å². The first-order chi connectivity index (χ1) is 6.40. The Bertz CT molecular complexity index is 152. The van der Waals surface area contributed by atoms with Gasteiger partial charge in [-0.05, 0) is 38.3 Å². The van der Waals surface area contributed by atoms with Crippen LogP contribution in [-0.2, 0) is 0 Å². The number of likely N-dealkylation sites (tertiary alicyclic amines) is 1. The number of hydrogen-bond donors (Lipinski definition) is 1. The summed E-state index contributed by atoms with van der Waals surface area (Å²) in [7, 11) is 0. The fourth-order valence-corrected chi connectivity index (χ4v) is 2.83. The molecule has 0 aromatic heterocycles. The van der Waals surface area contributed by atoms with E-state index in [1.54, 1.807) is 0 Å². The SMILES string of the molecule is NC[C@H]1CCN(C2CCCCC2)C1. The highest BCUT2D eigenvalue weighted by molar-refractivity contribution is 4.83. The quantitative estimate of drug-likeness (QED) is 0.703. The maximum atomic E-state index is 5.70. The number of hydrogen-bond acceptors (Lipinski definition) is 2. The summed E-state index contributed by atoms with van der Waals surface area (Å²) in [4.78, 5) is 2.69. The predicted octanol–water partition coefficient (Wildman–Crippen LogP) is 1.60. The maximum absolute atomic E-state index is 5.70. The van der Waals surface area contributed by atoms with Crippen molar-refractivity contribution in [2.75, 3.05) is 19.6 Å². The van der Waals surface area contributed by atoms with Gasteiger partial charge in [0.15, 0.2) is 0 Å². The van der Waals surface area contributed by atoms with Crippen LogP contribution in [0.5, 0.6) is 0 Å². The lowest BCUT2D eigenvalue weighted by molar-refractivity contribution is 0.185. The summed E-state index contributed by atoms with van der Waals surface area (Å²) in [6.45, 7) is 3.48. The molecule has 13 heavy (non-hydrogen) atoms. The lowest BCUT2D eigenvalue weighted by Crippen LogP contribution is -2.35. The molecule has 1 atom stereocenters. The number of nitrogens with zero attached hydrogens (tertiary/aromatic N) is 1. The first-order valence-electron chi connectivity index (χ1n) is 5.84. The van der Waals surface area contributed by atoms with Crippen LogP contribution in [0.3, 0.4) is 0 Å². The minimum Gasteiger partial charge on any atom is -0.330 e. The third-order valence-corrected chi connectivity index (χ3v) is 3.74. The van der Waals surface area contributed by atoms with E-state index in [0.717, 1.165) is 18.5 Å². The normalized spacial score (nSPS) is 32.5. The van der Waals surface area contributed by atoms with E-state index in [0.29, 0.717) is 0 Å². The number of rotatable bonds is 2. The Morgan fingerprint density at radius 2 is 1.85 bits per heavy atom. The van der Waals surface area contributed by atoms with E-state index in [4.69, 9.17) is 5.73 Å². The predicted molar refractivity (Wildman–Crippen MR) is 55.6 cm³/mol. The van der Waals surface area contributed by atoms with Crippen molar-refractivity contribution in [1.82, 2.24) is 4.90 Å². The Hall–Kier alpha value is -0.0800.